The minimum Gasteiger partial charge on any atom is -0.468 e. The maximum Gasteiger partial charge on any atom is 0.327 e. The number of thiocarbonyl (C=S) groups is 1. The second-order valence-electron chi connectivity index (χ2n) is 5.82. The Labute approximate surface area is 179 Å². The maximum atomic E-state index is 12.9. The summed E-state index contributed by atoms with van der Waals surface area (Å²) in [6.07, 6.45) is 4.94. The molecule has 0 saturated carbocycles. The number of rotatable bonds is 10. The highest BCUT2D eigenvalue weighted by Crippen LogP contribution is 2.19. The van der Waals surface area contributed by atoms with Gasteiger partial charge in [-0.15, -0.1) is 4.79 Å². The Balaban J connectivity index is 3.32. The predicted molar refractivity (Wildman–Crippen MR) is 119 cm³/mol. The highest BCUT2D eigenvalue weighted by atomic mass is 32.1. The number of nitrogens with one attached hydrogen (secondary N) is 3. The van der Waals surface area contributed by atoms with Gasteiger partial charge in [0.15, 0.2) is 5.82 Å². The fourth-order valence-electron chi connectivity index (χ4n) is 2.51. The summed E-state index contributed by atoms with van der Waals surface area (Å²) in [6.45, 7) is 7.41. The summed E-state index contributed by atoms with van der Waals surface area (Å²) >= 11 is 5.22. The third-order valence-corrected chi connectivity index (χ3v) is 4.23. The van der Waals surface area contributed by atoms with Crippen LogP contribution in [-0.4, -0.2) is 54.7 Å². The Morgan fingerprint density at radius 3 is 2.30 bits per heavy atom. The van der Waals surface area contributed by atoms with Gasteiger partial charge >= 0.3 is 17.5 Å². The molecular formula is C18H26N6O5S. The van der Waals surface area contributed by atoms with Gasteiger partial charge in [-0.1, -0.05) is 37.5 Å². The molecule has 0 aliphatic rings. The molecule has 0 fully saturated rings. The first-order valence-corrected chi connectivity index (χ1v) is 9.00. The Bertz CT molecular complexity index is 916. The van der Waals surface area contributed by atoms with Crippen LogP contribution in [0.25, 0.3) is 0 Å². The molecule has 0 aliphatic carbocycles. The van der Waals surface area contributed by atoms with Crippen molar-refractivity contribution in [3.8, 4) is 0 Å². The molecular weight excluding hydrogens is 412 g/mol. The number of esters is 2. The summed E-state index contributed by atoms with van der Waals surface area (Å²) in [5.74, 6) is -3.05. The van der Waals surface area contributed by atoms with Crippen molar-refractivity contribution in [3.05, 3.63) is 47.4 Å². The molecule has 11 nitrogen and oxygen atoms in total. The number of aromatic nitrogens is 2. The number of nitrogens with zero attached hydrogens (tertiary/aromatic N) is 3. The molecule has 0 spiro atoms. The van der Waals surface area contributed by atoms with E-state index < -0.39 is 23.4 Å². The number of carbonyl (C=O) groups excluding carboxylic acids is 2. The van der Waals surface area contributed by atoms with E-state index in [1.165, 1.54) is 14.6 Å². The molecule has 1 rings (SSSR count). The largest absolute Gasteiger partial charge is 0.468 e. The lowest BCUT2D eigenvalue weighted by Crippen LogP contribution is -2.49. The average molecular weight is 439 g/mol. The summed E-state index contributed by atoms with van der Waals surface area (Å²) in [7, 11) is 6.98. The minimum absolute atomic E-state index is 0.147. The molecule has 0 aliphatic heterocycles. The van der Waals surface area contributed by atoms with Gasteiger partial charge < -0.3 is 20.1 Å². The zero-order valence-electron chi connectivity index (χ0n) is 17.5. The number of hydrogen-bond acceptors (Lipinski definition) is 9. The van der Waals surface area contributed by atoms with Gasteiger partial charge in [0.25, 0.3) is 0 Å². The molecule has 3 N–H and O–H groups in total. The maximum absolute atomic E-state index is 12.9. The van der Waals surface area contributed by atoms with Crippen LogP contribution in [0.15, 0.2) is 41.9 Å². The zero-order valence-corrected chi connectivity index (χ0v) is 18.3. The number of allylic oxidation sites excluding steroid dienone is 3. The van der Waals surface area contributed by atoms with Crippen LogP contribution >= 0.6 is 12.2 Å². The molecule has 1 heterocycles. The first-order valence-electron chi connectivity index (χ1n) is 8.59. The third-order valence-electron chi connectivity index (χ3n) is 3.89. The van der Waals surface area contributed by atoms with E-state index in [9.17, 15) is 14.4 Å². The van der Waals surface area contributed by atoms with Crippen LogP contribution in [0, 0.1) is 5.92 Å². The first kappa shape index (κ1) is 24.5. The van der Waals surface area contributed by atoms with Gasteiger partial charge in [0.05, 0.1) is 14.2 Å². The van der Waals surface area contributed by atoms with Crippen LogP contribution in [0.1, 0.15) is 0 Å². The van der Waals surface area contributed by atoms with E-state index >= 15 is 0 Å². The fraction of sp³-hybridized carbons (Fsp3) is 0.333. The number of anilines is 2. The van der Waals surface area contributed by atoms with E-state index in [1.807, 2.05) is 0 Å². The molecule has 0 radical (unpaired) electrons. The van der Waals surface area contributed by atoms with Crippen molar-refractivity contribution < 1.29 is 19.1 Å². The molecule has 30 heavy (non-hydrogen) atoms. The van der Waals surface area contributed by atoms with Crippen LogP contribution in [0.4, 0.5) is 11.5 Å². The summed E-state index contributed by atoms with van der Waals surface area (Å²) in [4.78, 5) is 37.9. The van der Waals surface area contributed by atoms with Gasteiger partial charge in [-0.05, 0) is 6.08 Å². The van der Waals surface area contributed by atoms with E-state index in [2.05, 4.69) is 38.7 Å². The molecule has 1 aromatic heterocycles. The fourth-order valence-corrected chi connectivity index (χ4v) is 2.80. The number of methoxy groups -OCH3 is 2. The topological polar surface area (TPSA) is 119 Å². The third kappa shape index (κ3) is 5.29. The Morgan fingerprint density at radius 2 is 1.83 bits per heavy atom. The second-order valence-corrected chi connectivity index (χ2v) is 6.26. The Kier molecular flexibility index (Phi) is 8.86. The zero-order chi connectivity index (χ0) is 23.0. The summed E-state index contributed by atoms with van der Waals surface area (Å²) in [5, 5.41) is 6.95. The number of ether oxygens (including phenoxy) is 2. The normalized spacial score (nSPS) is 10.5. The smallest absolute Gasteiger partial charge is 0.327 e. The van der Waals surface area contributed by atoms with Crippen molar-refractivity contribution in [1.29, 1.82) is 0 Å². The summed E-state index contributed by atoms with van der Waals surface area (Å²) in [6, 6.07) is 0. The van der Waals surface area contributed by atoms with E-state index in [0.717, 1.165) is 14.2 Å². The lowest BCUT2D eigenvalue weighted by Gasteiger charge is -2.24. The van der Waals surface area contributed by atoms with Gasteiger partial charge in [0, 0.05) is 26.8 Å². The van der Waals surface area contributed by atoms with Crippen LogP contribution in [-0.2, 0) is 26.1 Å². The van der Waals surface area contributed by atoms with E-state index in [-0.39, 0.29) is 16.5 Å². The lowest BCUT2D eigenvalue weighted by atomic mass is 10.1. The standard InChI is InChI=1S/C18H26N6O5S/c1-8-9-10-11(2)21-23(5)24-16(25)13(19-3)14(22(24)4)20-15(30)12(17(26)28-6)18(27)29-7/h8-10,12,19,21H,1-2H2,3-7H3,(H,20,30)/b10-9-. The monoisotopic (exact) mass is 438 g/mol. The van der Waals surface area contributed by atoms with Crippen molar-refractivity contribution in [2.45, 2.75) is 0 Å². The molecule has 0 unspecified atom stereocenters. The van der Waals surface area contributed by atoms with Crippen LogP contribution in [0.5, 0.6) is 0 Å². The molecule has 164 valence electrons. The van der Waals surface area contributed by atoms with Crippen LogP contribution in [0.3, 0.4) is 0 Å². The van der Waals surface area contributed by atoms with Crippen LogP contribution in [0.2, 0.25) is 0 Å². The highest BCUT2D eigenvalue weighted by Gasteiger charge is 2.34. The van der Waals surface area contributed by atoms with Crippen molar-refractivity contribution >= 4 is 40.7 Å². The highest BCUT2D eigenvalue weighted by molar-refractivity contribution is 7.80. The van der Waals surface area contributed by atoms with Crippen molar-refractivity contribution in [2.24, 2.45) is 13.0 Å². The number of hydrogen-bond donors (Lipinski definition) is 3. The molecule has 0 atom stereocenters. The van der Waals surface area contributed by atoms with Crippen LogP contribution < -0.4 is 26.7 Å². The average Bonchev–Trinajstić information content (AvgIpc) is 2.94. The number of carbonyl (C=O) groups is 2. The Morgan fingerprint density at radius 1 is 1.27 bits per heavy atom. The Hall–Kier alpha value is -3.54. The van der Waals surface area contributed by atoms with Gasteiger partial charge in [0.1, 0.15) is 10.7 Å². The molecule has 0 saturated heterocycles. The molecule has 12 heteroatoms. The van der Waals surface area contributed by atoms with Gasteiger partial charge in [-0.25, -0.2) is 9.80 Å². The molecule has 0 aromatic carbocycles. The predicted octanol–water partition coefficient (Wildman–Crippen LogP) is 0.258. The van der Waals surface area contributed by atoms with Gasteiger partial charge in [-0.2, -0.15) is 0 Å². The molecule has 1 aromatic rings. The van der Waals surface area contributed by atoms with Gasteiger partial charge in [-0.3, -0.25) is 19.8 Å². The summed E-state index contributed by atoms with van der Waals surface area (Å²) < 4.78 is 10.7. The summed E-state index contributed by atoms with van der Waals surface area (Å²) in [5.41, 5.74) is 3.13. The first-order chi connectivity index (χ1) is 14.1. The van der Waals surface area contributed by atoms with E-state index in [0.29, 0.717) is 5.70 Å². The lowest BCUT2D eigenvalue weighted by molar-refractivity contribution is -0.154. The van der Waals surface area contributed by atoms with Crippen molar-refractivity contribution in [3.63, 3.8) is 0 Å². The van der Waals surface area contributed by atoms with E-state index in [4.69, 9.17) is 12.2 Å². The minimum atomic E-state index is -1.49. The second kappa shape index (κ2) is 10.9. The SMILES string of the molecule is C=C/C=C\C(=C)NN(C)n1c(=O)c(NC)c(NC(=S)C(C(=O)OC)C(=O)OC)n1C. The molecule has 0 amide bonds. The number of hydrazine groups is 1. The molecule has 0 bridgehead atoms. The quantitative estimate of drug-likeness (QED) is 0.154. The van der Waals surface area contributed by atoms with E-state index in [1.54, 1.807) is 39.4 Å². The van der Waals surface area contributed by atoms with Gasteiger partial charge in [0.2, 0.25) is 5.92 Å². The van der Waals surface area contributed by atoms with Crippen molar-refractivity contribution in [1.82, 2.24) is 14.9 Å². The van der Waals surface area contributed by atoms with Crippen molar-refractivity contribution in [2.75, 3.05) is 44.1 Å².